The Labute approximate surface area is 167 Å². The number of nitrogens with zero attached hydrogens (tertiary/aromatic N) is 2. The Morgan fingerprint density at radius 1 is 1.18 bits per heavy atom. The zero-order chi connectivity index (χ0) is 19.9. The van der Waals surface area contributed by atoms with Crippen LogP contribution in [0.4, 0.5) is 22.9 Å². The van der Waals surface area contributed by atoms with Crippen LogP contribution in [0.1, 0.15) is 32.3 Å². The van der Waals surface area contributed by atoms with Gasteiger partial charge < -0.3 is 20.3 Å². The predicted molar refractivity (Wildman–Crippen MR) is 114 cm³/mol. The first-order chi connectivity index (χ1) is 13.6. The van der Waals surface area contributed by atoms with Crippen LogP contribution in [0.5, 0.6) is 0 Å². The van der Waals surface area contributed by atoms with Gasteiger partial charge in [-0.3, -0.25) is 4.79 Å². The van der Waals surface area contributed by atoms with Crippen molar-refractivity contribution in [3.05, 3.63) is 42.1 Å². The number of hydrogen-bond acceptors (Lipinski definition) is 5. The van der Waals surface area contributed by atoms with Crippen LogP contribution in [-0.4, -0.2) is 37.2 Å². The molecule has 0 spiro atoms. The summed E-state index contributed by atoms with van der Waals surface area (Å²) in [5, 5.41) is 6.32. The predicted octanol–water partition coefficient (Wildman–Crippen LogP) is 4.34. The standard InChI is InChI=1S/C22H30N4O2/c1-4-26(5-2)19-7-8-20(16(3)14-19)24-18-6-9-21(23-15-18)25-22(27)17-10-12-28-13-11-17/h6-9,14-15,17,24H,4-5,10-13H2,1-3H3,(H,23,25,27). The van der Waals surface area contributed by atoms with Crippen molar-refractivity contribution < 1.29 is 9.53 Å². The number of anilines is 4. The molecule has 1 saturated heterocycles. The van der Waals surface area contributed by atoms with Gasteiger partial charge in [-0.25, -0.2) is 4.98 Å². The summed E-state index contributed by atoms with van der Waals surface area (Å²) in [7, 11) is 0. The maximum absolute atomic E-state index is 12.3. The molecule has 3 rings (SSSR count). The summed E-state index contributed by atoms with van der Waals surface area (Å²) in [4.78, 5) is 19.0. The van der Waals surface area contributed by atoms with Crippen LogP contribution in [-0.2, 0) is 9.53 Å². The van der Waals surface area contributed by atoms with E-state index in [0.717, 1.165) is 37.3 Å². The molecule has 1 aromatic heterocycles. The number of carbonyl (C=O) groups is 1. The van der Waals surface area contributed by atoms with Gasteiger partial charge in [0.1, 0.15) is 5.82 Å². The number of aryl methyl sites for hydroxylation is 1. The Bertz CT molecular complexity index is 782. The maximum atomic E-state index is 12.3. The van der Waals surface area contributed by atoms with Crippen LogP contribution < -0.4 is 15.5 Å². The monoisotopic (exact) mass is 382 g/mol. The summed E-state index contributed by atoms with van der Waals surface area (Å²) in [6.07, 6.45) is 3.29. The van der Waals surface area contributed by atoms with E-state index in [2.05, 4.69) is 59.5 Å². The fourth-order valence-electron chi connectivity index (χ4n) is 3.46. The lowest BCUT2D eigenvalue weighted by Crippen LogP contribution is -2.28. The molecule has 1 aromatic carbocycles. The number of hydrogen-bond donors (Lipinski definition) is 2. The van der Waals surface area contributed by atoms with Gasteiger partial charge in [-0.15, -0.1) is 0 Å². The average Bonchev–Trinajstić information content (AvgIpc) is 2.73. The third-order valence-corrected chi connectivity index (χ3v) is 5.22. The Kier molecular flexibility index (Phi) is 6.87. The lowest BCUT2D eigenvalue weighted by molar-refractivity contribution is -0.122. The van der Waals surface area contributed by atoms with E-state index in [1.54, 1.807) is 6.20 Å². The molecule has 2 aromatic rings. The molecule has 0 unspecified atom stereocenters. The number of carbonyl (C=O) groups excluding carboxylic acids is 1. The summed E-state index contributed by atoms with van der Waals surface area (Å²) in [6, 6.07) is 10.2. The van der Waals surface area contributed by atoms with E-state index < -0.39 is 0 Å². The van der Waals surface area contributed by atoms with E-state index in [4.69, 9.17) is 4.74 Å². The molecule has 0 aliphatic carbocycles. The van der Waals surface area contributed by atoms with Gasteiger partial charge in [0.25, 0.3) is 0 Å². The molecule has 6 nitrogen and oxygen atoms in total. The molecule has 1 fully saturated rings. The van der Waals surface area contributed by atoms with E-state index in [1.165, 1.54) is 11.3 Å². The number of rotatable bonds is 7. The van der Waals surface area contributed by atoms with Gasteiger partial charge in [-0.05, 0) is 69.5 Å². The molecule has 1 aliphatic rings. The molecule has 2 heterocycles. The van der Waals surface area contributed by atoms with Crippen LogP contribution in [0.15, 0.2) is 36.5 Å². The molecule has 1 aliphatic heterocycles. The molecule has 1 amide bonds. The molecular weight excluding hydrogens is 352 g/mol. The number of aromatic nitrogens is 1. The van der Waals surface area contributed by atoms with Crippen molar-refractivity contribution in [1.82, 2.24) is 4.98 Å². The van der Waals surface area contributed by atoms with Crippen molar-refractivity contribution in [2.75, 3.05) is 41.8 Å². The second kappa shape index (κ2) is 9.55. The second-order valence-corrected chi connectivity index (χ2v) is 7.10. The molecule has 0 bridgehead atoms. The molecule has 0 atom stereocenters. The fraction of sp³-hybridized carbons (Fsp3) is 0.455. The van der Waals surface area contributed by atoms with Gasteiger partial charge >= 0.3 is 0 Å². The Morgan fingerprint density at radius 3 is 2.54 bits per heavy atom. The van der Waals surface area contributed by atoms with Gasteiger partial charge in [0.05, 0.1) is 11.9 Å². The van der Waals surface area contributed by atoms with Crippen LogP contribution in [0.2, 0.25) is 0 Å². The van der Waals surface area contributed by atoms with Crippen LogP contribution in [0.25, 0.3) is 0 Å². The smallest absolute Gasteiger partial charge is 0.228 e. The van der Waals surface area contributed by atoms with Gasteiger partial charge in [0.15, 0.2) is 0 Å². The molecule has 150 valence electrons. The maximum Gasteiger partial charge on any atom is 0.228 e. The van der Waals surface area contributed by atoms with Crippen molar-refractivity contribution in [2.24, 2.45) is 5.92 Å². The topological polar surface area (TPSA) is 66.5 Å². The zero-order valence-corrected chi connectivity index (χ0v) is 17.0. The molecular formula is C22H30N4O2. The minimum Gasteiger partial charge on any atom is -0.381 e. The minimum atomic E-state index is 0.0142. The van der Waals surface area contributed by atoms with Crippen molar-refractivity contribution >= 4 is 28.8 Å². The first kappa shape index (κ1) is 20.1. The van der Waals surface area contributed by atoms with E-state index in [1.807, 2.05) is 12.1 Å². The summed E-state index contributed by atoms with van der Waals surface area (Å²) >= 11 is 0. The van der Waals surface area contributed by atoms with E-state index in [0.29, 0.717) is 19.0 Å². The molecule has 28 heavy (non-hydrogen) atoms. The fourth-order valence-corrected chi connectivity index (χ4v) is 3.46. The first-order valence-electron chi connectivity index (χ1n) is 10.1. The summed E-state index contributed by atoms with van der Waals surface area (Å²) in [5.74, 6) is 0.621. The van der Waals surface area contributed by atoms with E-state index >= 15 is 0 Å². The quantitative estimate of drug-likeness (QED) is 0.745. The lowest BCUT2D eigenvalue weighted by atomic mass is 9.99. The molecule has 6 heteroatoms. The number of benzene rings is 1. The summed E-state index contributed by atoms with van der Waals surface area (Å²) in [5.41, 5.74) is 4.36. The van der Waals surface area contributed by atoms with Crippen LogP contribution >= 0.6 is 0 Å². The number of ether oxygens (including phenoxy) is 1. The van der Waals surface area contributed by atoms with Gasteiger partial charge in [-0.2, -0.15) is 0 Å². The third kappa shape index (κ3) is 5.01. The average molecular weight is 383 g/mol. The van der Waals surface area contributed by atoms with E-state index in [9.17, 15) is 4.79 Å². The highest BCUT2D eigenvalue weighted by atomic mass is 16.5. The molecule has 2 N–H and O–H groups in total. The summed E-state index contributed by atoms with van der Waals surface area (Å²) < 4.78 is 5.31. The largest absolute Gasteiger partial charge is 0.381 e. The van der Waals surface area contributed by atoms with Crippen molar-refractivity contribution in [3.8, 4) is 0 Å². The highest BCUT2D eigenvalue weighted by molar-refractivity contribution is 5.91. The highest BCUT2D eigenvalue weighted by Gasteiger charge is 2.21. The van der Waals surface area contributed by atoms with E-state index in [-0.39, 0.29) is 11.8 Å². The van der Waals surface area contributed by atoms with Crippen molar-refractivity contribution in [3.63, 3.8) is 0 Å². The summed E-state index contributed by atoms with van der Waals surface area (Å²) in [6.45, 7) is 9.73. The Hall–Kier alpha value is -2.60. The second-order valence-electron chi connectivity index (χ2n) is 7.10. The van der Waals surface area contributed by atoms with Crippen molar-refractivity contribution in [2.45, 2.75) is 33.6 Å². The highest BCUT2D eigenvalue weighted by Crippen LogP contribution is 2.26. The van der Waals surface area contributed by atoms with Gasteiger partial charge in [0, 0.05) is 43.6 Å². The Morgan fingerprint density at radius 2 is 1.93 bits per heavy atom. The number of pyridine rings is 1. The third-order valence-electron chi connectivity index (χ3n) is 5.22. The van der Waals surface area contributed by atoms with Gasteiger partial charge in [0.2, 0.25) is 5.91 Å². The number of nitrogens with one attached hydrogen (secondary N) is 2. The lowest BCUT2D eigenvalue weighted by Gasteiger charge is -2.22. The Balaban J connectivity index is 1.61. The van der Waals surface area contributed by atoms with Crippen molar-refractivity contribution in [1.29, 1.82) is 0 Å². The zero-order valence-electron chi connectivity index (χ0n) is 17.0. The molecule has 0 saturated carbocycles. The van der Waals surface area contributed by atoms with Gasteiger partial charge in [-0.1, -0.05) is 0 Å². The first-order valence-corrected chi connectivity index (χ1v) is 10.1. The normalized spacial score (nSPS) is 14.5. The SMILES string of the molecule is CCN(CC)c1ccc(Nc2ccc(NC(=O)C3CCOCC3)nc2)c(C)c1. The van der Waals surface area contributed by atoms with Crippen LogP contribution in [0.3, 0.4) is 0 Å². The minimum absolute atomic E-state index is 0.0142. The number of amides is 1. The van der Waals surface area contributed by atoms with Crippen LogP contribution in [0, 0.1) is 12.8 Å². The molecule has 0 radical (unpaired) electrons.